The Kier molecular flexibility index (Phi) is 13.3. The van der Waals surface area contributed by atoms with Crippen molar-refractivity contribution in [3.8, 4) is 22.3 Å². The molecule has 45 heavy (non-hydrogen) atoms. The van der Waals surface area contributed by atoms with E-state index in [1.165, 1.54) is 148 Å². The standard InChI is InChI=1S/C43H66N2/c1-7-44(8-2,9-3)34-24-15-13-22-32-43(33-23-14-16-25-35-45(10-4,11-5)12-6)41-29-21-20-28-39(41)40-31-30-38(36-42(40)43)37-26-18-17-19-27-37/h17-21,26-31,36H,7-16,22-25,32-35H2,1-6H3/q+2. The van der Waals surface area contributed by atoms with Crippen LogP contribution >= 0.6 is 0 Å². The zero-order chi connectivity index (χ0) is 32.2. The van der Waals surface area contributed by atoms with Crippen LogP contribution in [-0.4, -0.2) is 61.3 Å². The Labute approximate surface area is 278 Å². The van der Waals surface area contributed by atoms with E-state index in [9.17, 15) is 0 Å². The van der Waals surface area contributed by atoms with E-state index in [0.717, 1.165) is 0 Å². The normalized spacial score (nSPS) is 14.0. The molecule has 0 heterocycles. The van der Waals surface area contributed by atoms with Crippen LogP contribution in [-0.2, 0) is 5.41 Å². The van der Waals surface area contributed by atoms with Crippen molar-refractivity contribution in [3.63, 3.8) is 0 Å². The molecule has 4 rings (SSSR count). The number of hydrogen-bond acceptors (Lipinski definition) is 0. The molecule has 1 aliphatic carbocycles. The van der Waals surface area contributed by atoms with Gasteiger partial charge in [0.05, 0.1) is 52.4 Å². The van der Waals surface area contributed by atoms with Crippen molar-refractivity contribution in [2.45, 2.75) is 111 Å². The van der Waals surface area contributed by atoms with Gasteiger partial charge in [-0.25, -0.2) is 0 Å². The smallest absolute Gasteiger partial charge is 0.0786 e. The van der Waals surface area contributed by atoms with Crippen LogP contribution in [0.5, 0.6) is 0 Å². The number of benzene rings is 3. The summed E-state index contributed by atoms with van der Waals surface area (Å²) in [6.07, 6.45) is 13.3. The summed E-state index contributed by atoms with van der Waals surface area (Å²) in [6.45, 7) is 24.5. The van der Waals surface area contributed by atoms with Gasteiger partial charge in [0.1, 0.15) is 0 Å². The molecular weight excluding hydrogens is 544 g/mol. The van der Waals surface area contributed by atoms with Crippen LogP contribution < -0.4 is 0 Å². The summed E-state index contributed by atoms with van der Waals surface area (Å²) >= 11 is 0. The first-order chi connectivity index (χ1) is 22.0. The Hall–Kier alpha value is -2.42. The number of fused-ring (bicyclic) bond motifs is 3. The van der Waals surface area contributed by atoms with Crippen LogP contribution in [0.15, 0.2) is 72.8 Å². The minimum absolute atomic E-state index is 0.128. The maximum absolute atomic E-state index is 2.58. The molecule has 0 fully saturated rings. The molecule has 0 amide bonds. The maximum Gasteiger partial charge on any atom is 0.0786 e. The molecule has 0 aromatic heterocycles. The molecule has 2 heteroatoms. The lowest BCUT2D eigenvalue weighted by Gasteiger charge is -2.36. The second-order valence-corrected chi connectivity index (χ2v) is 14.1. The SMILES string of the molecule is CC[N+](CC)(CC)CCCCCCC1(CCCCCC[N+](CC)(CC)CC)c2ccccc2-c2ccc(-c3ccccc3)cc21. The summed E-state index contributed by atoms with van der Waals surface area (Å²) < 4.78 is 2.56. The Morgan fingerprint density at radius 1 is 0.422 bits per heavy atom. The van der Waals surface area contributed by atoms with Crippen LogP contribution in [0.25, 0.3) is 22.3 Å². The third kappa shape index (κ3) is 8.12. The van der Waals surface area contributed by atoms with Gasteiger partial charge in [-0.15, -0.1) is 0 Å². The van der Waals surface area contributed by atoms with Crippen LogP contribution in [0.3, 0.4) is 0 Å². The molecular formula is C43H66N2+2. The lowest BCUT2D eigenvalue weighted by atomic mass is 9.70. The van der Waals surface area contributed by atoms with Crippen molar-refractivity contribution in [3.05, 3.63) is 83.9 Å². The van der Waals surface area contributed by atoms with Gasteiger partial charge in [0, 0.05) is 5.41 Å². The topological polar surface area (TPSA) is 0 Å². The van der Waals surface area contributed by atoms with Crippen molar-refractivity contribution < 1.29 is 8.97 Å². The fourth-order valence-electron chi connectivity index (χ4n) is 8.67. The van der Waals surface area contributed by atoms with E-state index in [-0.39, 0.29) is 5.41 Å². The molecule has 0 atom stereocenters. The summed E-state index contributed by atoms with van der Waals surface area (Å²) in [5, 5.41) is 0. The highest BCUT2D eigenvalue weighted by Crippen LogP contribution is 2.54. The minimum atomic E-state index is 0.128. The van der Waals surface area contributed by atoms with Crippen molar-refractivity contribution in [1.29, 1.82) is 0 Å². The second-order valence-electron chi connectivity index (χ2n) is 14.1. The third-order valence-electron chi connectivity index (χ3n) is 12.4. The lowest BCUT2D eigenvalue weighted by Crippen LogP contribution is -2.48. The van der Waals surface area contributed by atoms with Gasteiger partial charge in [0.15, 0.2) is 0 Å². The molecule has 0 saturated heterocycles. The number of hydrogen-bond donors (Lipinski definition) is 0. The number of rotatable bonds is 21. The largest absolute Gasteiger partial charge is 0.324 e. The van der Waals surface area contributed by atoms with Crippen LogP contribution in [0, 0.1) is 0 Å². The Balaban J connectivity index is 1.53. The highest BCUT2D eigenvalue weighted by atomic mass is 15.3. The highest BCUT2D eigenvalue weighted by Gasteiger charge is 2.42. The maximum atomic E-state index is 2.58. The van der Waals surface area contributed by atoms with Gasteiger partial charge in [-0.3, -0.25) is 0 Å². The average Bonchev–Trinajstić information content (AvgIpc) is 3.37. The molecule has 0 aliphatic heterocycles. The molecule has 0 N–H and O–H groups in total. The van der Waals surface area contributed by atoms with E-state index in [1.54, 1.807) is 11.1 Å². The van der Waals surface area contributed by atoms with Gasteiger partial charge < -0.3 is 8.97 Å². The molecule has 246 valence electrons. The summed E-state index contributed by atoms with van der Waals surface area (Å²) in [5.41, 5.74) is 9.00. The van der Waals surface area contributed by atoms with E-state index in [4.69, 9.17) is 0 Å². The molecule has 0 unspecified atom stereocenters. The monoisotopic (exact) mass is 611 g/mol. The van der Waals surface area contributed by atoms with Crippen LogP contribution in [0.4, 0.5) is 0 Å². The summed E-state index contributed by atoms with van der Waals surface area (Å²) in [4.78, 5) is 0. The molecule has 0 saturated carbocycles. The van der Waals surface area contributed by atoms with Gasteiger partial charge in [-0.1, -0.05) is 92.4 Å². The molecule has 3 aromatic carbocycles. The van der Waals surface area contributed by atoms with Crippen molar-refractivity contribution in [2.75, 3.05) is 52.4 Å². The Morgan fingerprint density at radius 3 is 1.42 bits per heavy atom. The molecule has 0 bridgehead atoms. The molecule has 3 aromatic rings. The van der Waals surface area contributed by atoms with Crippen LogP contribution in [0.2, 0.25) is 0 Å². The third-order valence-corrected chi connectivity index (χ3v) is 12.4. The number of nitrogens with zero attached hydrogens (tertiary/aromatic N) is 2. The zero-order valence-corrected chi connectivity index (χ0v) is 30.1. The fraction of sp³-hybridized carbons (Fsp3) is 0.581. The molecule has 2 nitrogen and oxygen atoms in total. The summed E-state index contributed by atoms with van der Waals surface area (Å²) in [6, 6.07) is 27.8. The molecule has 0 radical (unpaired) electrons. The van der Waals surface area contributed by atoms with Crippen molar-refractivity contribution >= 4 is 0 Å². The van der Waals surface area contributed by atoms with E-state index in [0.29, 0.717) is 0 Å². The number of unbranched alkanes of at least 4 members (excludes halogenated alkanes) is 6. The van der Waals surface area contributed by atoms with E-state index in [1.807, 2.05) is 0 Å². The van der Waals surface area contributed by atoms with Crippen molar-refractivity contribution in [2.24, 2.45) is 0 Å². The van der Waals surface area contributed by atoms with Crippen molar-refractivity contribution in [1.82, 2.24) is 0 Å². The number of quaternary nitrogens is 2. The predicted octanol–water partition coefficient (Wildman–Crippen LogP) is 11.3. The quantitative estimate of drug-likeness (QED) is 0.0831. The molecule has 0 spiro atoms. The molecule has 1 aliphatic rings. The summed E-state index contributed by atoms with van der Waals surface area (Å²) in [5.74, 6) is 0. The van der Waals surface area contributed by atoms with E-state index < -0.39 is 0 Å². The fourth-order valence-corrected chi connectivity index (χ4v) is 8.67. The van der Waals surface area contributed by atoms with Crippen LogP contribution in [0.1, 0.15) is 117 Å². The first kappa shape index (κ1) is 35.4. The zero-order valence-electron chi connectivity index (χ0n) is 30.1. The van der Waals surface area contributed by atoms with Gasteiger partial charge in [0.2, 0.25) is 0 Å². The van der Waals surface area contributed by atoms with Gasteiger partial charge in [0.25, 0.3) is 0 Å². The first-order valence-corrected chi connectivity index (χ1v) is 19.0. The Bertz CT molecular complexity index is 1240. The van der Waals surface area contributed by atoms with Gasteiger partial charge in [-0.05, 0) is 120 Å². The Morgan fingerprint density at radius 2 is 0.889 bits per heavy atom. The first-order valence-electron chi connectivity index (χ1n) is 19.0. The predicted molar refractivity (Wildman–Crippen MR) is 198 cm³/mol. The van der Waals surface area contributed by atoms with Gasteiger partial charge >= 0.3 is 0 Å². The van der Waals surface area contributed by atoms with E-state index >= 15 is 0 Å². The average molecular weight is 611 g/mol. The van der Waals surface area contributed by atoms with Gasteiger partial charge in [-0.2, -0.15) is 0 Å². The summed E-state index contributed by atoms with van der Waals surface area (Å²) in [7, 11) is 0. The highest BCUT2D eigenvalue weighted by molar-refractivity contribution is 5.83. The minimum Gasteiger partial charge on any atom is -0.324 e. The lowest BCUT2D eigenvalue weighted by molar-refractivity contribution is -0.923. The van der Waals surface area contributed by atoms with E-state index in [2.05, 4.69) is 114 Å². The second kappa shape index (κ2) is 16.9.